The molecule has 1 aliphatic heterocycles. The quantitative estimate of drug-likeness (QED) is 0.807. The van der Waals surface area contributed by atoms with Crippen molar-refractivity contribution < 1.29 is 9.53 Å². The van der Waals surface area contributed by atoms with Gasteiger partial charge in [-0.25, -0.2) is 0 Å². The molecule has 0 aliphatic carbocycles. The SMILES string of the molecule is COCC(=O)N[C@@H]1CN(Cc2snnc2C)C[C@H]1c1ccnn1C. The third kappa shape index (κ3) is 3.63. The summed E-state index contributed by atoms with van der Waals surface area (Å²) in [5.41, 5.74) is 2.10. The van der Waals surface area contributed by atoms with Crippen LogP contribution in [-0.4, -0.2) is 63.0 Å². The van der Waals surface area contributed by atoms with Gasteiger partial charge >= 0.3 is 0 Å². The van der Waals surface area contributed by atoms with E-state index in [4.69, 9.17) is 4.74 Å². The van der Waals surface area contributed by atoms with Crippen LogP contribution in [0.3, 0.4) is 0 Å². The zero-order valence-electron chi connectivity index (χ0n) is 14.1. The molecule has 1 fully saturated rings. The molecule has 0 unspecified atom stereocenters. The Bertz CT molecular complexity index is 700. The standard InChI is InChI=1S/C15H22N6O2S/c1-10-14(24-19-18-10)8-21-6-11(13-4-5-16-20(13)2)12(7-21)17-15(22)9-23-3/h4-5,11-12H,6-9H2,1-3H3,(H,17,22)/t11-,12-/m1/s1. The normalized spacial score (nSPS) is 21.3. The Labute approximate surface area is 145 Å². The van der Waals surface area contributed by atoms with Crippen molar-refractivity contribution in [2.75, 3.05) is 26.8 Å². The van der Waals surface area contributed by atoms with Crippen LogP contribution in [0.1, 0.15) is 22.2 Å². The number of aryl methyl sites for hydroxylation is 2. The minimum atomic E-state index is -0.0906. The monoisotopic (exact) mass is 350 g/mol. The van der Waals surface area contributed by atoms with E-state index in [1.165, 1.54) is 23.5 Å². The number of carbonyl (C=O) groups excluding carboxylic acids is 1. The first-order valence-electron chi connectivity index (χ1n) is 7.85. The summed E-state index contributed by atoms with van der Waals surface area (Å²) in [6.45, 7) is 4.49. The second-order valence-electron chi connectivity index (χ2n) is 6.07. The van der Waals surface area contributed by atoms with Crippen LogP contribution in [-0.2, 0) is 23.1 Å². The number of amides is 1. The van der Waals surface area contributed by atoms with Gasteiger partial charge in [-0.05, 0) is 24.5 Å². The van der Waals surface area contributed by atoms with Crippen LogP contribution in [0.15, 0.2) is 12.3 Å². The van der Waals surface area contributed by atoms with E-state index in [0.29, 0.717) is 0 Å². The molecule has 0 saturated carbocycles. The molecule has 3 rings (SSSR count). The fourth-order valence-corrected chi connectivity index (χ4v) is 3.86. The predicted octanol–water partition coefficient (Wildman–Crippen LogP) is 0.311. The lowest BCUT2D eigenvalue weighted by Gasteiger charge is -2.20. The van der Waals surface area contributed by atoms with Gasteiger partial charge in [0.1, 0.15) is 6.61 Å². The van der Waals surface area contributed by atoms with Crippen molar-refractivity contribution in [2.24, 2.45) is 7.05 Å². The van der Waals surface area contributed by atoms with Gasteiger partial charge in [0, 0.05) is 51.6 Å². The van der Waals surface area contributed by atoms with E-state index >= 15 is 0 Å². The second-order valence-corrected chi connectivity index (χ2v) is 6.91. The molecule has 2 aromatic rings. The van der Waals surface area contributed by atoms with E-state index < -0.39 is 0 Å². The summed E-state index contributed by atoms with van der Waals surface area (Å²) in [7, 11) is 3.46. The summed E-state index contributed by atoms with van der Waals surface area (Å²) >= 11 is 1.43. The molecule has 1 aliphatic rings. The zero-order valence-corrected chi connectivity index (χ0v) is 14.9. The molecular formula is C15H22N6O2S. The molecule has 2 atom stereocenters. The molecule has 2 aromatic heterocycles. The maximum atomic E-state index is 12.0. The molecule has 0 radical (unpaired) electrons. The number of carbonyl (C=O) groups is 1. The molecule has 1 N–H and O–H groups in total. The van der Waals surface area contributed by atoms with Gasteiger partial charge in [0.05, 0.1) is 16.6 Å². The van der Waals surface area contributed by atoms with Crippen LogP contribution >= 0.6 is 11.5 Å². The highest BCUT2D eigenvalue weighted by atomic mass is 32.1. The fraction of sp³-hybridized carbons (Fsp3) is 0.600. The van der Waals surface area contributed by atoms with Crippen molar-refractivity contribution >= 4 is 17.4 Å². The van der Waals surface area contributed by atoms with Gasteiger partial charge in [-0.1, -0.05) is 4.49 Å². The van der Waals surface area contributed by atoms with Gasteiger partial charge in [0.2, 0.25) is 5.91 Å². The smallest absolute Gasteiger partial charge is 0.246 e. The first-order chi connectivity index (χ1) is 11.6. The lowest BCUT2D eigenvalue weighted by Crippen LogP contribution is -2.41. The van der Waals surface area contributed by atoms with Gasteiger partial charge in [-0.2, -0.15) is 5.10 Å². The number of methoxy groups -OCH3 is 1. The fourth-order valence-electron chi connectivity index (χ4n) is 3.19. The Morgan fingerprint density at radius 1 is 1.50 bits per heavy atom. The average molecular weight is 350 g/mol. The molecule has 0 spiro atoms. The molecular weight excluding hydrogens is 328 g/mol. The number of hydrogen-bond acceptors (Lipinski definition) is 7. The molecule has 1 saturated heterocycles. The first kappa shape index (κ1) is 17.0. The van der Waals surface area contributed by atoms with Gasteiger partial charge in [0.15, 0.2) is 0 Å². The van der Waals surface area contributed by atoms with Gasteiger partial charge in [-0.3, -0.25) is 14.4 Å². The van der Waals surface area contributed by atoms with Crippen molar-refractivity contribution in [3.63, 3.8) is 0 Å². The van der Waals surface area contributed by atoms with E-state index in [1.807, 2.05) is 24.7 Å². The lowest BCUT2D eigenvalue weighted by molar-refractivity contribution is -0.125. The second kappa shape index (κ2) is 7.37. The summed E-state index contributed by atoms with van der Waals surface area (Å²) in [6.07, 6.45) is 1.79. The van der Waals surface area contributed by atoms with Crippen molar-refractivity contribution in [1.29, 1.82) is 0 Å². The summed E-state index contributed by atoms with van der Waals surface area (Å²) in [4.78, 5) is 15.5. The van der Waals surface area contributed by atoms with E-state index in [2.05, 4.69) is 24.9 Å². The summed E-state index contributed by atoms with van der Waals surface area (Å²) < 4.78 is 10.8. The van der Waals surface area contributed by atoms with E-state index in [1.54, 1.807) is 6.20 Å². The zero-order chi connectivity index (χ0) is 17.1. The number of nitrogens with zero attached hydrogens (tertiary/aromatic N) is 5. The molecule has 0 bridgehead atoms. The average Bonchev–Trinajstić information content (AvgIpc) is 3.22. The number of aromatic nitrogens is 4. The minimum absolute atomic E-state index is 0.0317. The van der Waals surface area contributed by atoms with Crippen LogP contribution < -0.4 is 5.32 Å². The van der Waals surface area contributed by atoms with Gasteiger partial charge in [-0.15, -0.1) is 5.10 Å². The Kier molecular flexibility index (Phi) is 5.22. The van der Waals surface area contributed by atoms with E-state index in [9.17, 15) is 4.79 Å². The first-order valence-corrected chi connectivity index (χ1v) is 8.62. The Morgan fingerprint density at radius 3 is 2.96 bits per heavy atom. The highest BCUT2D eigenvalue weighted by Gasteiger charge is 2.36. The third-order valence-electron chi connectivity index (χ3n) is 4.37. The molecule has 8 nitrogen and oxygen atoms in total. The van der Waals surface area contributed by atoms with Gasteiger partial charge < -0.3 is 10.1 Å². The van der Waals surface area contributed by atoms with Crippen LogP contribution in [0.25, 0.3) is 0 Å². The topological polar surface area (TPSA) is 85.2 Å². The largest absolute Gasteiger partial charge is 0.375 e. The molecule has 24 heavy (non-hydrogen) atoms. The highest BCUT2D eigenvalue weighted by molar-refractivity contribution is 7.05. The number of nitrogens with one attached hydrogen (secondary N) is 1. The van der Waals surface area contributed by atoms with E-state index in [0.717, 1.165) is 31.0 Å². The Balaban J connectivity index is 1.75. The van der Waals surface area contributed by atoms with Crippen LogP contribution in [0.5, 0.6) is 0 Å². The summed E-state index contributed by atoms with van der Waals surface area (Å²) in [6, 6.07) is 2.05. The number of ether oxygens (including phenoxy) is 1. The number of likely N-dealkylation sites (tertiary alicyclic amines) is 1. The van der Waals surface area contributed by atoms with Crippen molar-refractivity contribution in [3.05, 3.63) is 28.5 Å². The van der Waals surface area contributed by atoms with Crippen LogP contribution in [0.4, 0.5) is 0 Å². The minimum Gasteiger partial charge on any atom is -0.375 e. The molecule has 9 heteroatoms. The number of hydrogen-bond donors (Lipinski definition) is 1. The maximum absolute atomic E-state index is 12.0. The third-order valence-corrected chi connectivity index (χ3v) is 5.18. The van der Waals surface area contributed by atoms with E-state index in [-0.39, 0.29) is 24.5 Å². The molecule has 1 amide bonds. The summed E-state index contributed by atoms with van der Waals surface area (Å²) in [5.74, 6) is 0.103. The molecule has 130 valence electrons. The van der Waals surface area contributed by atoms with Gasteiger partial charge in [0.25, 0.3) is 0 Å². The van der Waals surface area contributed by atoms with Crippen molar-refractivity contribution in [2.45, 2.75) is 25.4 Å². The Hall–Kier alpha value is -1.84. The molecule has 0 aromatic carbocycles. The van der Waals surface area contributed by atoms with Crippen LogP contribution in [0, 0.1) is 6.92 Å². The maximum Gasteiger partial charge on any atom is 0.246 e. The number of rotatable bonds is 6. The summed E-state index contributed by atoms with van der Waals surface area (Å²) in [5, 5.41) is 11.4. The van der Waals surface area contributed by atoms with Crippen molar-refractivity contribution in [3.8, 4) is 0 Å². The molecule has 3 heterocycles. The predicted molar refractivity (Wildman–Crippen MR) is 89.7 cm³/mol. The highest BCUT2D eigenvalue weighted by Crippen LogP contribution is 2.29. The Morgan fingerprint density at radius 2 is 2.33 bits per heavy atom. The lowest BCUT2D eigenvalue weighted by atomic mass is 9.99. The van der Waals surface area contributed by atoms with Crippen molar-refractivity contribution in [1.82, 2.24) is 29.6 Å². The van der Waals surface area contributed by atoms with Crippen LogP contribution in [0.2, 0.25) is 0 Å².